The summed E-state index contributed by atoms with van der Waals surface area (Å²) in [7, 11) is -3.94. The number of anilines is 1. The summed E-state index contributed by atoms with van der Waals surface area (Å²) in [6.45, 7) is 4.95. The van der Waals surface area contributed by atoms with Crippen LogP contribution in [0.5, 0.6) is 0 Å². The van der Waals surface area contributed by atoms with E-state index in [4.69, 9.17) is 4.42 Å². The molecule has 0 bridgehead atoms. The van der Waals surface area contributed by atoms with Crippen LogP contribution in [-0.2, 0) is 10.0 Å². The molecule has 1 amide bonds. The second-order valence-corrected chi connectivity index (χ2v) is 7.67. The van der Waals surface area contributed by atoms with E-state index in [1.807, 2.05) is 0 Å². The molecule has 6 nitrogen and oxygen atoms in total. The molecule has 0 aliphatic rings. The Hall–Kier alpha value is -2.26. The molecule has 0 radical (unpaired) electrons. The van der Waals surface area contributed by atoms with E-state index in [1.165, 1.54) is 0 Å². The molecule has 130 valence electrons. The number of halogens is 2. The molecule has 2 aromatic rings. The van der Waals surface area contributed by atoms with E-state index in [-0.39, 0.29) is 11.4 Å². The number of rotatable bonds is 4. The number of amides is 1. The molecule has 1 heterocycles. The predicted molar refractivity (Wildman–Crippen MR) is 83.1 cm³/mol. The van der Waals surface area contributed by atoms with Gasteiger partial charge in [-0.1, -0.05) is 0 Å². The standard InChI is InChI=1S/C15H16F2N2O4S/c1-15(2,3)19-24(21,22)13-7-6-12(23-13)14(20)18-11-5-4-9(16)8-10(11)17/h4-8,19H,1-3H3,(H,18,20). The summed E-state index contributed by atoms with van der Waals surface area (Å²) in [4.78, 5) is 12.0. The Morgan fingerprint density at radius 3 is 2.38 bits per heavy atom. The fourth-order valence-electron chi connectivity index (χ4n) is 1.81. The number of nitrogens with one attached hydrogen (secondary N) is 2. The lowest BCUT2D eigenvalue weighted by molar-refractivity contribution is 0.0991. The highest BCUT2D eigenvalue weighted by atomic mass is 32.2. The Labute approximate surface area is 137 Å². The topological polar surface area (TPSA) is 88.4 Å². The molecule has 1 aromatic carbocycles. The molecule has 0 saturated heterocycles. The molecule has 9 heteroatoms. The lowest BCUT2D eigenvalue weighted by Gasteiger charge is -2.18. The van der Waals surface area contributed by atoms with E-state index in [0.29, 0.717) is 6.07 Å². The van der Waals surface area contributed by atoms with Crippen LogP contribution in [0, 0.1) is 11.6 Å². The SMILES string of the molecule is CC(C)(C)NS(=O)(=O)c1ccc(C(=O)Nc2ccc(F)cc2F)o1. The molecule has 2 rings (SSSR count). The van der Waals surface area contributed by atoms with Gasteiger partial charge in [0.15, 0.2) is 5.76 Å². The van der Waals surface area contributed by atoms with Crippen molar-refractivity contribution in [1.29, 1.82) is 0 Å². The summed E-state index contributed by atoms with van der Waals surface area (Å²) in [5.41, 5.74) is -0.985. The number of benzene rings is 1. The minimum Gasteiger partial charge on any atom is -0.438 e. The molecule has 1 aromatic heterocycles. The van der Waals surface area contributed by atoms with Crippen LogP contribution in [0.1, 0.15) is 31.3 Å². The van der Waals surface area contributed by atoms with Crippen LogP contribution in [-0.4, -0.2) is 19.9 Å². The highest BCUT2D eigenvalue weighted by Gasteiger charge is 2.26. The van der Waals surface area contributed by atoms with Crippen molar-refractivity contribution in [1.82, 2.24) is 4.72 Å². The summed E-state index contributed by atoms with van der Waals surface area (Å²) >= 11 is 0. The van der Waals surface area contributed by atoms with Crippen molar-refractivity contribution in [2.45, 2.75) is 31.4 Å². The Morgan fingerprint density at radius 1 is 1.12 bits per heavy atom. The number of furan rings is 1. The van der Waals surface area contributed by atoms with Crippen LogP contribution >= 0.6 is 0 Å². The van der Waals surface area contributed by atoms with Gasteiger partial charge in [0.1, 0.15) is 11.6 Å². The van der Waals surface area contributed by atoms with Crippen LogP contribution in [0.2, 0.25) is 0 Å². The first-order chi connectivity index (χ1) is 11.0. The first-order valence-corrected chi connectivity index (χ1v) is 8.36. The smallest absolute Gasteiger partial charge is 0.291 e. The van der Waals surface area contributed by atoms with E-state index in [1.54, 1.807) is 20.8 Å². The van der Waals surface area contributed by atoms with Crippen molar-refractivity contribution < 1.29 is 26.4 Å². The monoisotopic (exact) mass is 358 g/mol. The van der Waals surface area contributed by atoms with E-state index in [2.05, 4.69) is 10.0 Å². The Morgan fingerprint density at radius 2 is 1.79 bits per heavy atom. The zero-order valence-electron chi connectivity index (χ0n) is 13.2. The van der Waals surface area contributed by atoms with Gasteiger partial charge in [0.2, 0.25) is 5.09 Å². The van der Waals surface area contributed by atoms with Crippen LogP contribution in [0.15, 0.2) is 39.8 Å². The summed E-state index contributed by atoms with van der Waals surface area (Å²) in [5.74, 6) is -2.94. The zero-order valence-corrected chi connectivity index (χ0v) is 14.0. The quantitative estimate of drug-likeness (QED) is 0.880. The molecule has 0 aliphatic carbocycles. The predicted octanol–water partition coefficient (Wildman–Crippen LogP) is 2.89. The Bertz CT molecular complexity index is 870. The maximum Gasteiger partial charge on any atom is 0.291 e. The first-order valence-electron chi connectivity index (χ1n) is 6.88. The highest BCUT2D eigenvalue weighted by Crippen LogP contribution is 2.19. The molecule has 0 spiro atoms. The van der Waals surface area contributed by atoms with Crippen LogP contribution < -0.4 is 10.0 Å². The average Bonchev–Trinajstić information content (AvgIpc) is 2.89. The van der Waals surface area contributed by atoms with Gasteiger partial charge < -0.3 is 9.73 Å². The second-order valence-electron chi connectivity index (χ2n) is 6.05. The van der Waals surface area contributed by atoms with Crippen molar-refractivity contribution in [3.05, 3.63) is 47.7 Å². The fraction of sp³-hybridized carbons (Fsp3) is 0.267. The third kappa shape index (κ3) is 4.39. The molecular formula is C15H16F2N2O4S. The van der Waals surface area contributed by atoms with Gasteiger partial charge in [-0.25, -0.2) is 21.9 Å². The number of hydrogen-bond acceptors (Lipinski definition) is 4. The maximum absolute atomic E-state index is 13.5. The van der Waals surface area contributed by atoms with E-state index in [0.717, 1.165) is 24.3 Å². The maximum atomic E-state index is 13.5. The molecule has 2 N–H and O–H groups in total. The zero-order chi connectivity index (χ0) is 18.1. The van der Waals surface area contributed by atoms with Gasteiger partial charge in [-0.2, -0.15) is 0 Å². The normalized spacial score (nSPS) is 12.2. The van der Waals surface area contributed by atoms with Crippen LogP contribution in [0.4, 0.5) is 14.5 Å². The largest absolute Gasteiger partial charge is 0.438 e. The van der Waals surface area contributed by atoms with Crippen molar-refractivity contribution in [2.75, 3.05) is 5.32 Å². The molecular weight excluding hydrogens is 342 g/mol. The van der Waals surface area contributed by atoms with Crippen molar-refractivity contribution >= 4 is 21.6 Å². The lowest BCUT2D eigenvalue weighted by Crippen LogP contribution is -2.40. The second kappa shape index (κ2) is 6.33. The molecule has 0 aliphatic heterocycles. The van der Waals surface area contributed by atoms with Gasteiger partial charge in [-0.3, -0.25) is 4.79 Å². The first kappa shape index (κ1) is 18.1. The fourth-order valence-corrected chi connectivity index (χ4v) is 3.17. The highest BCUT2D eigenvalue weighted by molar-refractivity contribution is 7.89. The third-order valence-corrected chi connectivity index (χ3v) is 4.32. The van der Waals surface area contributed by atoms with Gasteiger partial charge >= 0.3 is 0 Å². The molecule has 0 atom stereocenters. The number of carbonyl (C=O) groups is 1. The van der Waals surface area contributed by atoms with Gasteiger partial charge in [0, 0.05) is 11.6 Å². The molecule has 0 saturated carbocycles. The van der Waals surface area contributed by atoms with Crippen LogP contribution in [0.25, 0.3) is 0 Å². The van der Waals surface area contributed by atoms with Crippen molar-refractivity contribution in [3.63, 3.8) is 0 Å². The molecule has 24 heavy (non-hydrogen) atoms. The van der Waals surface area contributed by atoms with Crippen molar-refractivity contribution in [3.8, 4) is 0 Å². The van der Waals surface area contributed by atoms with Gasteiger partial charge in [0.05, 0.1) is 5.69 Å². The van der Waals surface area contributed by atoms with E-state index >= 15 is 0 Å². The summed E-state index contributed by atoms with van der Waals surface area (Å²) in [6.07, 6.45) is 0. The van der Waals surface area contributed by atoms with Gasteiger partial charge in [0.25, 0.3) is 15.9 Å². The number of hydrogen-bond donors (Lipinski definition) is 2. The van der Waals surface area contributed by atoms with E-state index in [9.17, 15) is 22.0 Å². The molecule has 0 fully saturated rings. The summed E-state index contributed by atoms with van der Waals surface area (Å²) in [5, 5.41) is 1.73. The van der Waals surface area contributed by atoms with Gasteiger partial charge in [-0.05, 0) is 45.0 Å². The average molecular weight is 358 g/mol. The minimum absolute atomic E-state index is 0.255. The van der Waals surface area contributed by atoms with E-state index < -0.39 is 38.2 Å². The lowest BCUT2D eigenvalue weighted by atomic mass is 10.1. The van der Waals surface area contributed by atoms with Gasteiger partial charge in [-0.15, -0.1) is 0 Å². The third-order valence-electron chi connectivity index (χ3n) is 2.69. The van der Waals surface area contributed by atoms with Crippen LogP contribution in [0.3, 0.4) is 0 Å². The van der Waals surface area contributed by atoms with Crippen molar-refractivity contribution in [2.24, 2.45) is 0 Å². The number of carbonyl (C=O) groups excluding carboxylic acids is 1. The minimum atomic E-state index is -3.94. The number of sulfonamides is 1. The summed E-state index contributed by atoms with van der Waals surface area (Å²) in [6, 6.07) is 4.90. The Kier molecular flexibility index (Phi) is 4.77. The molecule has 0 unspecified atom stereocenters. The summed E-state index contributed by atoms with van der Waals surface area (Å²) < 4.78 is 57.9. The Balaban J connectivity index is 2.19.